The lowest BCUT2D eigenvalue weighted by Crippen LogP contribution is -2.36. The molecule has 1 aliphatic heterocycles. The summed E-state index contributed by atoms with van der Waals surface area (Å²) in [7, 11) is -1.78. The molecule has 0 saturated carbocycles. The fourth-order valence-corrected chi connectivity index (χ4v) is 5.61. The molecule has 4 rings (SSSR count). The van der Waals surface area contributed by atoms with E-state index in [0.29, 0.717) is 35.7 Å². The SMILES string of the molecule is Cn1c(-c2ccc(C3CCN(CC(F)F)CC3)cn2)cc(C(N)=O)c1-c1cc(Cl)cc(NS(C)(=O)=O)c1. The van der Waals surface area contributed by atoms with Gasteiger partial charge < -0.3 is 10.3 Å². The van der Waals surface area contributed by atoms with E-state index in [0.717, 1.165) is 24.7 Å². The van der Waals surface area contributed by atoms with Crippen LogP contribution < -0.4 is 10.5 Å². The maximum Gasteiger partial charge on any atom is 0.251 e. The van der Waals surface area contributed by atoms with Crippen molar-refractivity contribution in [3.63, 3.8) is 0 Å². The minimum Gasteiger partial charge on any atom is -0.366 e. The number of carbonyl (C=O) groups is 1. The highest BCUT2D eigenvalue weighted by molar-refractivity contribution is 7.92. The van der Waals surface area contributed by atoms with E-state index in [1.165, 1.54) is 6.07 Å². The molecule has 1 aliphatic rings. The fourth-order valence-electron chi connectivity index (χ4n) is 4.83. The van der Waals surface area contributed by atoms with Crippen molar-refractivity contribution in [2.75, 3.05) is 30.6 Å². The lowest BCUT2D eigenvalue weighted by Gasteiger charge is -2.31. The second kappa shape index (κ2) is 10.8. The number of halogens is 3. The van der Waals surface area contributed by atoms with E-state index in [-0.39, 0.29) is 28.7 Å². The Hall–Kier alpha value is -3.02. The number of carbonyl (C=O) groups excluding carboxylic acids is 1. The molecule has 3 heterocycles. The topological polar surface area (TPSA) is 110 Å². The van der Waals surface area contributed by atoms with Crippen molar-refractivity contribution >= 4 is 33.2 Å². The van der Waals surface area contributed by atoms with Crippen LogP contribution in [0.5, 0.6) is 0 Å². The van der Waals surface area contributed by atoms with Crippen LogP contribution in [0.15, 0.2) is 42.6 Å². The number of aromatic nitrogens is 2. The van der Waals surface area contributed by atoms with Crippen LogP contribution in [0.4, 0.5) is 14.5 Å². The Kier molecular flexibility index (Phi) is 7.86. The van der Waals surface area contributed by atoms with E-state index in [1.54, 1.807) is 40.9 Å². The van der Waals surface area contributed by atoms with Crippen molar-refractivity contribution < 1.29 is 22.0 Å². The average molecular weight is 552 g/mol. The lowest BCUT2D eigenvalue weighted by atomic mass is 9.90. The van der Waals surface area contributed by atoms with Crippen LogP contribution in [0.25, 0.3) is 22.6 Å². The lowest BCUT2D eigenvalue weighted by molar-refractivity contribution is 0.0754. The van der Waals surface area contributed by atoms with Gasteiger partial charge >= 0.3 is 0 Å². The summed E-state index contributed by atoms with van der Waals surface area (Å²) in [5, 5.41) is 0.281. The van der Waals surface area contributed by atoms with Crippen molar-refractivity contribution in [3.05, 3.63) is 58.7 Å². The predicted octanol–water partition coefficient (Wildman–Crippen LogP) is 4.32. The van der Waals surface area contributed by atoms with Gasteiger partial charge in [-0.25, -0.2) is 17.2 Å². The highest BCUT2D eigenvalue weighted by atomic mass is 35.5. The van der Waals surface area contributed by atoms with Gasteiger partial charge in [0.05, 0.1) is 41.1 Å². The number of amides is 1. The summed E-state index contributed by atoms with van der Waals surface area (Å²) in [6.07, 6.45) is 2.06. The second-order valence-electron chi connectivity index (χ2n) is 9.26. The molecule has 1 fully saturated rings. The first-order valence-electron chi connectivity index (χ1n) is 11.7. The Labute approximate surface area is 219 Å². The number of pyridine rings is 1. The van der Waals surface area contributed by atoms with Crippen LogP contribution >= 0.6 is 11.6 Å². The first-order chi connectivity index (χ1) is 17.4. The predicted molar refractivity (Wildman–Crippen MR) is 140 cm³/mol. The van der Waals surface area contributed by atoms with Gasteiger partial charge in [-0.15, -0.1) is 0 Å². The molecule has 37 heavy (non-hydrogen) atoms. The maximum absolute atomic E-state index is 12.7. The van der Waals surface area contributed by atoms with Crippen LogP contribution in [0.3, 0.4) is 0 Å². The van der Waals surface area contributed by atoms with E-state index in [4.69, 9.17) is 17.3 Å². The Bertz CT molecular complexity index is 1400. The van der Waals surface area contributed by atoms with E-state index in [1.807, 2.05) is 12.1 Å². The zero-order valence-electron chi connectivity index (χ0n) is 20.4. The second-order valence-corrected chi connectivity index (χ2v) is 11.4. The minimum absolute atomic E-state index is 0.194. The molecule has 0 bridgehead atoms. The monoisotopic (exact) mass is 551 g/mol. The molecule has 3 aromatic rings. The Morgan fingerprint density at radius 2 is 1.92 bits per heavy atom. The van der Waals surface area contributed by atoms with Crippen molar-refractivity contribution in [2.45, 2.75) is 25.2 Å². The summed E-state index contributed by atoms with van der Waals surface area (Å²) >= 11 is 6.25. The fraction of sp³-hybridized carbons (Fsp3) is 0.360. The van der Waals surface area contributed by atoms with Crippen LogP contribution in [-0.2, 0) is 17.1 Å². The van der Waals surface area contributed by atoms with Gasteiger partial charge in [0, 0.05) is 23.8 Å². The Balaban J connectivity index is 1.63. The van der Waals surface area contributed by atoms with Gasteiger partial charge in [0.25, 0.3) is 12.3 Å². The number of piperidine rings is 1. The van der Waals surface area contributed by atoms with Crippen molar-refractivity contribution in [3.8, 4) is 22.6 Å². The molecule has 1 saturated heterocycles. The summed E-state index contributed by atoms with van der Waals surface area (Å²) in [6.45, 7) is 1.05. The third kappa shape index (κ3) is 6.46. The molecule has 1 amide bonds. The number of anilines is 1. The third-order valence-electron chi connectivity index (χ3n) is 6.48. The quantitative estimate of drug-likeness (QED) is 0.433. The molecule has 0 atom stereocenters. The van der Waals surface area contributed by atoms with Crippen molar-refractivity contribution in [1.82, 2.24) is 14.5 Å². The number of nitrogens with zero attached hydrogens (tertiary/aromatic N) is 3. The van der Waals surface area contributed by atoms with Gasteiger partial charge in [-0.3, -0.25) is 19.4 Å². The van der Waals surface area contributed by atoms with E-state index in [9.17, 15) is 22.0 Å². The molecule has 3 N–H and O–H groups in total. The maximum atomic E-state index is 12.7. The molecule has 2 aromatic heterocycles. The molecule has 0 spiro atoms. The summed E-state index contributed by atoms with van der Waals surface area (Å²) in [5.74, 6) is -0.408. The van der Waals surface area contributed by atoms with Gasteiger partial charge in [0.1, 0.15) is 0 Å². The molecule has 0 unspecified atom stereocenters. The largest absolute Gasteiger partial charge is 0.366 e. The van der Waals surface area contributed by atoms with E-state index >= 15 is 0 Å². The minimum atomic E-state index is -3.54. The number of nitrogens with two attached hydrogens (primary N) is 1. The summed E-state index contributed by atoms with van der Waals surface area (Å²) in [5.41, 5.74) is 9.45. The van der Waals surface area contributed by atoms with Crippen LogP contribution in [0.1, 0.15) is 34.7 Å². The highest BCUT2D eigenvalue weighted by Gasteiger charge is 2.24. The van der Waals surface area contributed by atoms with Gasteiger partial charge in [-0.05, 0) is 67.7 Å². The number of hydrogen-bond donors (Lipinski definition) is 2. The number of nitrogens with one attached hydrogen (secondary N) is 1. The van der Waals surface area contributed by atoms with E-state index < -0.39 is 22.4 Å². The highest BCUT2D eigenvalue weighted by Crippen LogP contribution is 2.35. The molecule has 0 radical (unpaired) electrons. The average Bonchev–Trinajstić information content (AvgIpc) is 3.15. The summed E-state index contributed by atoms with van der Waals surface area (Å²) < 4.78 is 52.9. The number of benzene rings is 1. The van der Waals surface area contributed by atoms with Gasteiger partial charge in [0.15, 0.2) is 0 Å². The Morgan fingerprint density at radius 3 is 2.49 bits per heavy atom. The zero-order valence-corrected chi connectivity index (χ0v) is 22.0. The standard InChI is InChI=1S/C25H28ClF2N5O3S/c1-32-22(21-4-3-16(13-30-21)15-5-7-33(8-6-15)14-23(27)28)12-20(25(29)34)24(32)17-9-18(26)11-19(10-17)31-37(2,35)36/h3-4,9-13,15,23,31H,5-8,14H2,1-2H3,(H2,29,34). The normalized spacial score (nSPS) is 15.3. The van der Waals surface area contributed by atoms with Gasteiger partial charge in [-0.2, -0.15) is 0 Å². The first-order valence-corrected chi connectivity index (χ1v) is 13.9. The zero-order chi connectivity index (χ0) is 26.9. The van der Waals surface area contributed by atoms with Crippen molar-refractivity contribution in [1.29, 1.82) is 0 Å². The number of sulfonamides is 1. The van der Waals surface area contributed by atoms with Gasteiger partial charge in [-0.1, -0.05) is 17.7 Å². The van der Waals surface area contributed by atoms with E-state index in [2.05, 4.69) is 9.71 Å². The smallest absolute Gasteiger partial charge is 0.251 e. The first kappa shape index (κ1) is 27.0. The summed E-state index contributed by atoms with van der Waals surface area (Å²) in [4.78, 5) is 18.7. The number of hydrogen-bond acceptors (Lipinski definition) is 5. The molecule has 0 aliphatic carbocycles. The van der Waals surface area contributed by atoms with Gasteiger partial charge in [0.2, 0.25) is 10.0 Å². The number of alkyl halides is 2. The molecule has 1 aromatic carbocycles. The molecule has 8 nitrogen and oxygen atoms in total. The summed E-state index contributed by atoms with van der Waals surface area (Å²) in [6, 6.07) is 10.2. The molecular weight excluding hydrogens is 524 g/mol. The Morgan fingerprint density at radius 1 is 1.22 bits per heavy atom. The third-order valence-corrected chi connectivity index (χ3v) is 7.30. The number of primary amides is 1. The number of rotatable bonds is 8. The van der Waals surface area contributed by atoms with Crippen LogP contribution in [0.2, 0.25) is 5.02 Å². The number of likely N-dealkylation sites (tertiary alicyclic amines) is 1. The van der Waals surface area contributed by atoms with Crippen LogP contribution in [0, 0.1) is 0 Å². The van der Waals surface area contributed by atoms with Crippen LogP contribution in [-0.4, -0.2) is 61.1 Å². The molecule has 198 valence electrons. The molecular formula is C25H28ClF2N5O3S. The molecule has 12 heteroatoms. The van der Waals surface area contributed by atoms with Crippen molar-refractivity contribution in [2.24, 2.45) is 12.8 Å².